The number of hydrogen-bond acceptors (Lipinski definition) is 5. The quantitative estimate of drug-likeness (QED) is 0.329. The number of aryl methyl sites for hydroxylation is 1. The van der Waals surface area contributed by atoms with Gasteiger partial charge < -0.3 is 9.47 Å². The molecular weight excluding hydrogens is 222 g/mol. The van der Waals surface area contributed by atoms with Crippen LogP contribution in [0.15, 0.2) is 28.5 Å². The van der Waals surface area contributed by atoms with E-state index in [1.54, 1.807) is 14.2 Å². The van der Waals surface area contributed by atoms with Crippen LogP contribution in [0, 0.1) is 6.92 Å². The summed E-state index contributed by atoms with van der Waals surface area (Å²) in [6, 6.07) is 5.61. The van der Waals surface area contributed by atoms with Crippen LogP contribution in [0.5, 0.6) is 5.75 Å². The van der Waals surface area contributed by atoms with Crippen molar-refractivity contribution in [3.63, 3.8) is 0 Å². The smallest absolute Gasteiger partial charge is 0.294 e. The fourth-order valence-corrected chi connectivity index (χ4v) is 1.17. The van der Waals surface area contributed by atoms with E-state index in [9.17, 15) is 4.79 Å². The van der Waals surface area contributed by atoms with Crippen molar-refractivity contribution in [1.82, 2.24) is 5.01 Å². The van der Waals surface area contributed by atoms with Crippen molar-refractivity contribution in [2.75, 3.05) is 20.9 Å². The third-order valence-electron chi connectivity index (χ3n) is 1.97. The van der Waals surface area contributed by atoms with Gasteiger partial charge in [-0.15, -0.1) is 5.11 Å². The molecule has 1 aromatic carbocycles. The maximum atomic E-state index is 9.99. The van der Waals surface area contributed by atoms with E-state index in [2.05, 4.69) is 15.1 Å². The van der Waals surface area contributed by atoms with Gasteiger partial charge in [-0.1, -0.05) is 11.3 Å². The van der Waals surface area contributed by atoms with Crippen LogP contribution in [0.1, 0.15) is 5.56 Å². The minimum Gasteiger partial charge on any atom is -0.494 e. The highest BCUT2D eigenvalue weighted by Crippen LogP contribution is 2.28. The molecule has 1 aromatic rings. The Morgan fingerprint density at radius 3 is 2.88 bits per heavy atom. The molecule has 0 unspecified atom stereocenters. The highest BCUT2D eigenvalue weighted by molar-refractivity contribution is 5.52. The molecule has 92 valence electrons. The predicted molar refractivity (Wildman–Crippen MR) is 62.0 cm³/mol. The predicted octanol–water partition coefficient (Wildman–Crippen LogP) is 2.06. The van der Waals surface area contributed by atoms with Gasteiger partial charge in [0.05, 0.1) is 7.11 Å². The first kappa shape index (κ1) is 13.0. The third-order valence-corrected chi connectivity index (χ3v) is 1.97. The summed E-state index contributed by atoms with van der Waals surface area (Å²) in [7, 11) is 3.22. The first-order chi connectivity index (χ1) is 8.17. The molecule has 0 fully saturated rings. The van der Waals surface area contributed by atoms with E-state index in [0.29, 0.717) is 17.9 Å². The summed E-state index contributed by atoms with van der Waals surface area (Å²) in [5.74, 6) is 0.643. The number of hydrogen-bond donors (Lipinski definition) is 0. The Bertz CT molecular complexity index is 407. The molecule has 0 N–H and O–H groups in total. The van der Waals surface area contributed by atoms with Gasteiger partial charge in [-0.3, -0.25) is 4.79 Å². The summed E-state index contributed by atoms with van der Waals surface area (Å²) < 4.78 is 9.68. The van der Waals surface area contributed by atoms with Gasteiger partial charge in [0, 0.05) is 7.05 Å². The summed E-state index contributed by atoms with van der Waals surface area (Å²) in [5.41, 5.74) is 1.69. The van der Waals surface area contributed by atoms with Crippen molar-refractivity contribution < 1.29 is 14.3 Å². The van der Waals surface area contributed by atoms with E-state index >= 15 is 0 Å². The van der Waals surface area contributed by atoms with E-state index < -0.39 is 0 Å². The number of benzene rings is 1. The second-order valence-corrected chi connectivity index (χ2v) is 3.41. The molecule has 0 aliphatic rings. The minimum atomic E-state index is 0.0567. The molecule has 0 saturated carbocycles. The molecule has 0 amide bonds. The summed E-state index contributed by atoms with van der Waals surface area (Å²) >= 11 is 0. The lowest BCUT2D eigenvalue weighted by Gasteiger charge is -2.09. The van der Waals surface area contributed by atoms with Crippen LogP contribution in [0.4, 0.5) is 5.69 Å². The highest BCUT2D eigenvalue weighted by Gasteiger charge is 2.02. The lowest BCUT2D eigenvalue weighted by molar-refractivity contribution is -0.132. The molecule has 0 spiro atoms. The maximum Gasteiger partial charge on any atom is 0.294 e. The molecule has 0 aliphatic carbocycles. The molecule has 0 saturated heterocycles. The van der Waals surface area contributed by atoms with Crippen LogP contribution in [0.3, 0.4) is 0 Å². The van der Waals surface area contributed by atoms with Gasteiger partial charge in [0.1, 0.15) is 11.4 Å². The highest BCUT2D eigenvalue weighted by atomic mass is 16.5. The average molecular weight is 237 g/mol. The van der Waals surface area contributed by atoms with E-state index in [1.807, 2.05) is 25.1 Å². The van der Waals surface area contributed by atoms with Gasteiger partial charge in [0.25, 0.3) is 6.47 Å². The number of carbonyl (C=O) groups is 1. The van der Waals surface area contributed by atoms with Gasteiger partial charge in [-0.2, -0.15) is 0 Å². The van der Waals surface area contributed by atoms with Crippen molar-refractivity contribution in [2.45, 2.75) is 6.92 Å². The summed E-state index contributed by atoms with van der Waals surface area (Å²) in [6.07, 6.45) is 0. The Morgan fingerprint density at radius 2 is 2.24 bits per heavy atom. The second kappa shape index (κ2) is 6.47. The molecule has 0 aromatic heterocycles. The van der Waals surface area contributed by atoms with Crippen LogP contribution >= 0.6 is 0 Å². The normalized spacial score (nSPS) is 10.3. The molecule has 0 atom stereocenters. The Kier molecular flexibility index (Phi) is 4.93. The van der Waals surface area contributed by atoms with Crippen molar-refractivity contribution >= 4 is 12.2 Å². The van der Waals surface area contributed by atoms with Crippen LogP contribution in [-0.4, -0.2) is 32.4 Å². The van der Waals surface area contributed by atoms with Crippen molar-refractivity contribution in [2.24, 2.45) is 10.3 Å². The van der Waals surface area contributed by atoms with Gasteiger partial charge in [-0.25, -0.2) is 5.01 Å². The SMILES string of the molecule is COc1ccc(C)cc1N=NN(C)COC=O. The van der Waals surface area contributed by atoms with Gasteiger partial charge in [-0.05, 0) is 24.6 Å². The van der Waals surface area contributed by atoms with Crippen LogP contribution in [0.25, 0.3) is 0 Å². The number of nitrogens with zero attached hydrogens (tertiary/aromatic N) is 3. The molecular formula is C11H15N3O3. The van der Waals surface area contributed by atoms with E-state index in [-0.39, 0.29) is 6.73 Å². The fraction of sp³-hybridized carbons (Fsp3) is 0.364. The molecule has 0 bridgehead atoms. The average Bonchev–Trinajstić information content (AvgIpc) is 2.34. The Hall–Kier alpha value is -2.11. The zero-order valence-corrected chi connectivity index (χ0v) is 10.1. The topological polar surface area (TPSA) is 63.5 Å². The lowest BCUT2D eigenvalue weighted by Crippen LogP contribution is -2.13. The van der Waals surface area contributed by atoms with E-state index in [1.165, 1.54) is 5.01 Å². The molecule has 17 heavy (non-hydrogen) atoms. The monoisotopic (exact) mass is 237 g/mol. The molecule has 0 radical (unpaired) electrons. The standard InChI is InChI=1S/C11H15N3O3/c1-9-4-5-11(16-3)10(6-9)12-13-14(2)7-17-8-15/h4-6,8H,7H2,1-3H3. The van der Waals surface area contributed by atoms with Gasteiger partial charge in [0.15, 0.2) is 6.73 Å². The summed E-state index contributed by atoms with van der Waals surface area (Å²) in [5, 5.41) is 9.30. The van der Waals surface area contributed by atoms with Crippen molar-refractivity contribution in [3.05, 3.63) is 23.8 Å². The lowest BCUT2D eigenvalue weighted by atomic mass is 10.2. The van der Waals surface area contributed by atoms with Gasteiger partial charge in [0.2, 0.25) is 0 Å². The van der Waals surface area contributed by atoms with Crippen LogP contribution in [-0.2, 0) is 9.53 Å². The van der Waals surface area contributed by atoms with Gasteiger partial charge >= 0.3 is 0 Å². The summed E-state index contributed by atoms with van der Waals surface area (Å²) in [6.45, 7) is 2.37. The third kappa shape index (κ3) is 4.10. The van der Waals surface area contributed by atoms with Crippen molar-refractivity contribution in [1.29, 1.82) is 0 Å². The molecule has 0 aliphatic heterocycles. The number of methoxy groups -OCH3 is 1. The largest absolute Gasteiger partial charge is 0.494 e. The number of rotatable bonds is 6. The van der Waals surface area contributed by atoms with E-state index in [0.717, 1.165) is 5.56 Å². The first-order valence-electron chi connectivity index (χ1n) is 5.00. The Morgan fingerprint density at radius 1 is 1.47 bits per heavy atom. The first-order valence-corrected chi connectivity index (χ1v) is 5.00. The number of ether oxygens (including phenoxy) is 2. The second-order valence-electron chi connectivity index (χ2n) is 3.41. The Balaban J connectivity index is 2.75. The maximum absolute atomic E-state index is 9.99. The zero-order valence-electron chi connectivity index (χ0n) is 10.1. The summed E-state index contributed by atoms with van der Waals surface area (Å²) in [4.78, 5) is 9.99. The molecule has 6 nitrogen and oxygen atoms in total. The van der Waals surface area contributed by atoms with E-state index in [4.69, 9.17) is 4.74 Å². The zero-order chi connectivity index (χ0) is 12.7. The van der Waals surface area contributed by atoms with Crippen molar-refractivity contribution in [3.8, 4) is 5.75 Å². The fourth-order valence-electron chi connectivity index (χ4n) is 1.17. The molecule has 0 heterocycles. The Labute approximate surface area is 99.8 Å². The van der Waals surface area contributed by atoms with Crippen LogP contribution in [0.2, 0.25) is 0 Å². The molecule has 1 rings (SSSR count). The minimum absolute atomic E-state index is 0.0567. The molecule has 6 heteroatoms. The number of carbonyl (C=O) groups excluding carboxylic acids is 1. The van der Waals surface area contributed by atoms with Crippen LogP contribution < -0.4 is 4.74 Å².